The Bertz CT molecular complexity index is 330. The van der Waals surface area contributed by atoms with Crippen molar-refractivity contribution in [1.29, 1.82) is 0 Å². The molecule has 2 unspecified atom stereocenters. The number of hydrogen-bond acceptors (Lipinski definition) is 3. The number of nitrogens with zero attached hydrogens (tertiary/aromatic N) is 2. The van der Waals surface area contributed by atoms with Gasteiger partial charge in [-0.1, -0.05) is 6.92 Å². The fraction of sp³-hybridized carbons (Fsp3) is 0.857. The summed E-state index contributed by atoms with van der Waals surface area (Å²) in [5.41, 5.74) is 0. The highest BCUT2D eigenvalue weighted by molar-refractivity contribution is 5.80. The van der Waals surface area contributed by atoms with E-state index in [-0.39, 0.29) is 24.7 Å². The molecule has 0 aromatic rings. The van der Waals surface area contributed by atoms with Gasteiger partial charge in [0.1, 0.15) is 6.54 Å². The Morgan fingerprint density at radius 1 is 1.30 bits per heavy atom. The van der Waals surface area contributed by atoms with Crippen molar-refractivity contribution in [2.75, 3.05) is 26.2 Å². The van der Waals surface area contributed by atoms with Crippen molar-refractivity contribution in [2.24, 2.45) is 0 Å². The van der Waals surface area contributed by atoms with Gasteiger partial charge in [-0.05, 0) is 46.2 Å². The molecule has 1 fully saturated rings. The van der Waals surface area contributed by atoms with E-state index >= 15 is 0 Å². The molecule has 6 heteroatoms. The molecule has 1 aliphatic heterocycles. The second-order valence-corrected chi connectivity index (χ2v) is 5.64. The lowest BCUT2D eigenvalue weighted by atomic mass is 10.2. The average Bonchev–Trinajstić information content (AvgIpc) is 2.87. The normalized spacial score (nSPS) is 18.6. The minimum Gasteiger partial charge on any atom is -0.480 e. The van der Waals surface area contributed by atoms with E-state index in [4.69, 9.17) is 5.11 Å². The summed E-state index contributed by atoms with van der Waals surface area (Å²) in [6.07, 6.45) is 3.18. The summed E-state index contributed by atoms with van der Waals surface area (Å²) < 4.78 is 0. The Hall–Kier alpha value is -1.30. The summed E-state index contributed by atoms with van der Waals surface area (Å²) in [6, 6.07) is -0.334. The van der Waals surface area contributed by atoms with E-state index in [9.17, 15) is 9.59 Å². The first-order chi connectivity index (χ1) is 9.43. The third-order valence-electron chi connectivity index (χ3n) is 3.79. The minimum atomic E-state index is -0.979. The Morgan fingerprint density at radius 2 is 1.90 bits per heavy atom. The number of aliphatic carboxylic acids is 1. The van der Waals surface area contributed by atoms with Crippen LogP contribution in [0.2, 0.25) is 0 Å². The second-order valence-electron chi connectivity index (χ2n) is 5.64. The van der Waals surface area contributed by atoms with Gasteiger partial charge in [0.15, 0.2) is 0 Å². The van der Waals surface area contributed by atoms with Crippen molar-refractivity contribution in [3.8, 4) is 0 Å². The van der Waals surface area contributed by atoms with Crippen LogP contribution >= 0.6 is 0 Å². The highest BCUT2D eigenvalue weighted by Gasteiger charge is 2.23. The number of carbonyl (C=O) groups is 2. The molecule has 1 aliphatic rings. The molecule has 20 heavy (non-hydrogen) atoms. The van der Waals surface area contributed by atoms with Gasteiger partial charge in [-0.15, -0.1) is 0 Å². The molecule has 0 aliphatic carbocycles. The Morgan fingerprint density at radius 3 is 2.40 bits per heavy atom. The number of hydrogen-bond donors (Lipinski definition) is 2. The molecular formula is C14H27N3O3. The summed E-state index contributed by atoms with van der Waals surface area (Å²) in [7, 11) is 0. The highest BCUT2D eigenvalue weighted by atomic mass is 16.4. The van der Waals surface area contributed by atoms with Gasteiger partial charge in [-0.2, -0.15) is 0 Å². The number of carbonyl (C=O) groups excluding carboxylic acids is 1. The Labute approximate surface area is 121 Å². The summed E-state index contributed by atoms with van der Waals surface area (Å²) in [4.78, 5) is 26.8. The van der Waals surface area contributed by atoms with Gasteiger partial charge < -0.3 is 20.2 Å². The molecule has 0 bridgehead atoms. The van der Waals surface area contributed by atoms with Crippen LogP contribution in [0.3, 0.4) is 0 Å². The quantitative estimate of drug-likeness (QED) is 0.741. The summed E-state index contributed by atoms with van der Waals surface area (Å²) in [6.45, 7) is 8.53. The van der Waals surface area contributed by atoms with Gasteiger partial charge in [-0.25, -0.2) is 4.79 Å². The van der Waals surface area contributed by atoms with Crippen LogP contribution in [-0.4, -0.2) is 65.2 Å². The lowest BCUT2D eigenvalue weighted by Gasteiger charge is -2.29. The maximum absolute atomic E-state index is 12.2. The van der Waals surface area contributed by atoms with E-state index in [0.29, 0.717) is 0 Å². The zero-order chi connectivity index (χ0) is 15.1. The zero-order valence-corrected chi connectivity index (χ0v) is 12.8. The lowest BCUT2D eigenvalue weighted by molar-refractivity contribution is -0.138. The van der Waals surface area contributed by atoms with Crippen LogP contribution in [0.25, 0.3) is 0 Å². The van der Waals surface area contributed by atoms with Crippen LogP contribution < -0.4 is 5.32 Å². The van der Waals surface area contributed by atoms with Crippen molar-refractivity contribution in [3.63, 3.8) is 0 Å². The standard InChI is InChI=1S/C14H27N3O3/c1-4-12(3)17(10-13(18)19)14(20)15-11(2)9-16-7-5-6-8-16/h11-12H,4-10H2,1-3H3,(H,15,20)(H,18,19). The average molecular weight is 285 g/mol. The summed E-state index contributed by atoms with van der Waals surface area (Å²) >= 11 is 0. The molecule has 0 radical (unpaired) electrons. The van der Waals surface area contributed by atoms with Gasteiger partial charge in [-0.3, -0.25) is 4.79 Å². The number of carboxylic acid groups (broad SMARTS) is 1. The third-order valence-corrected chi connectivity index (χ3v) is 3.79. The maximum atomic E-state index is 12.2. The molecule has 0 spiro atoms. The SMILES string of the molecule is CCC(C)N(CC(=O)O)C(=O)NC(C)CN1CCCC1. The smallest absolute Gasteiger partial charge is 0.323 e. The molecule has 0 saturated carbocycles. The minimum absolute atomic E-state index is 0.0287. The predicted molar refractivity (Wildman–Crippen MR) is 77.8 cm³/mol. The molecule has 2 N–H and O–H groups in total. The van der Waals surface area contributed by atoms with Gasteiger partial charge >= 0.3 is 12.0 Å². The Kier molecular flexibility index (Phi) is 6.78. The molecule has 116 valence electrons. The highest BCUT2D eigenvalue weighted by Crippen LogP contribution is 2.08. The van der Waals surface area contributed by atoms with Crippen molar-refractivity contribution in [3.05, 3.63) is 0 Å². The number of urea groups is 1. The number of rotatable bonds is 7. The first-order valence-corrected chi connectivity index (χ1v) is 7.45. The summed E-state index contributed by atoms with van der Waals surface area (Å²) in [5.74, 6) is -0.979. The predicted octanol–water partition coefficient (Wildman–Crippen LogP) is 1.37. The number of amides is 2. The molecule has 1 heterocycles. The summed E-state index contributed by atoms with van der Waals surface area (Å²) in [5, 5.41) is 11.8. The van der Waals surface area contributed by atoms with E-state index in [1.54, 1.807) is 0 Å². The number of carboxylic acids is 1. The number of nitrogens with one attached hydrogen (secondary N) is 1. The van der Waals surface area contributed by atoms with Crippen molar-refractivity contribution in [1.82, 2.24) is 15.1 Å². The zero-order valence-electron chi connectivity index (χ0n) is 12.8. The molecule has 1 rings (SSSR count). The van der Waals surface area contributed by atoms with Crippen molar-refractivity contribution >= 4 is 12.0 Å². The molecule has 2 atom stereocenters. The van der Waals surface area contributed by atoms with E-state index in [1.807, 2.05) is 20.8 Å². The topological polar surface area (TPSA) is 72.9 Å². The van der Waals surface area contributed by atoms with E-state index in [1.165, 1.54) is 17.7 Å². The molecule has 0 aromatic heterocycles. The third kappa shape index (κ3) is 5.36. The second kappa shape index (κ2) is 8.09. The number of likely N-dealkylation sites (tertiary alicyclic amines) is 1. The Balaban J connectivity index is 2.48. The lowest BCUT2D eigenvalue weighted by Crippen LogP contribution is -2.51. The van der Waals surface area contributed by atoms with Gasteiger partial charge in [0, 0.05) is 18.6 Å². The molecule has 2 amide bonds. The van der Waals surface area contributed by atoms with Gasteiger partial charge in [0.25, 0.3) is 0 Å². The first kappa shape index (κ1) is 16.8. The van der Waals surface area contributed by atoms with E-state index in [0.717, 1.165) is 26.1 Å². The van der Waals surface area contributed by atoms with Gasteiger partial charge in [0.2, 0.25) is 0 Å². The first-order valence-electron chi connectivity index (χ1n) is 7.45. The van der Waals surface area contributed by atoms with E-state index in [2.05, 4.69) is 10.2 Å². The van der Waals surface area contributed by atoms with Crippen LogP contribution in [0.15, 0.2) is 0 Å². The van der Waals surface area contributed by atoms with Gasteiger partial charge in [0.05, 0.1) is 0 Å². The van der Waals surface area contributed by atoms with Crippen LogP contribution in [-0.2, 0) is 4.79 Å². The van der Waals surface area contributed by atoms with Crippen LogP contribution in [0.1, 0.15) is 40.0 Å². The van der Waals surface area contributed by atoms with Crippen molar-refractivity contribution < 1.29 is 14.7 Å². The van der Waals surface area contributed by atoms with Crippen LogP contribution in [0.4, 0.5) is 4.79 Å². The molecule has 0 aromatic carbocycles. The maximum Gasteiger partial charge on any atom is 0.323 e. The van der Waals surface area contributed by atoms with E-state index < -0.39 is 5.97 Å². The monoisotopic (exact) mass is 285 g/mol. The van der Waals surface area contributed by atoms with Crippen LogP contribution in [0.5, 0.6) is 0 Å². The fourth-order valence-corrected chi connectivity index (χ4v) is 2.49. The molecule has 1 saturated heterocycles. The fourth-order valence-electron chi connectivity index (χ4n) is 2.49. The molecular weight excluding hydrogens is 258 g/mol. The molecule has 6 nitrogen and oxygen atoms in total. The van der Waals surface area contributed by atoms with Crippen LogP contribution in [0, 0.1) is 0 Å². The largest absolute Gasteiger partial charge is 0.480 e. The van der Waals surface area contributed by atoms with Crippen molar-refractivity contribution in [2.45, 2.75) is 52.1 Å².